The van der Waals surface area contributed by atoms with Gasteiger partial charge in [-0.05, 0) is 25.2 Å². The predicted molar refractivity (Wildman–Crippen MR) is 76.2 cm³/mol. The number of hydrogen-bond acceptors (Lipinski definition) is 1. The van der Waals surface area contributed by atoms with E-state index in [0.717, 1.165) is 18.8 Å². The molecule has 0 amide bonds. The number of rotatable bonds is 6. The summed E-state index contributed by atoms with van der Waals surface area (Å²) in [5, 5.41) is 0. The van der Waals surface area contributed by atoms with Crippen LogP contribution in [-0.4, -0.2) is 5.78 Å². The summed E-state index contributed by atoms with van der Waals surface area (Å²) in [6.07, 6.45) is 10.7. The van der Waals surface area contributed by atoms with Crippen molar-refractivity contribution >= 4 is 5.78 Å². The lowest BCUT2D eigenvalue weighted by atomic mass is 9.84. The molecule has 0 saturated heterocycles. The summed E-state index contributed by atoms with van der Waals surface area (Å²) in [7, 11) is 0. The van der Waals surface area contributed by atoms with Crippen LogP contribution in [0, 0.1) is 11.8 Å². The minimum atomic E-state index is 0.424. The molecular formula is C16H32O. The van der Waals surface area contributed by atoms with Crippen molar-refractivity contribution in [2.75, 3.05) is 0 Å². The highest BCUT2D eigenvalue weighted by Gasteiger charge is 2.20. The maximum Gasteiger partial charge on any atom is 0.135 e. The summed E-state index contributed by atoms with van der Waals surface area (Å²) in [5.74, 6) is 1.72. The van der Waals surface area contributed by atoms with Crippen LogP contribution in [0.2, 0.25) is 0 Å². The molecule has 1 unspecified atom stereocenters. The largest absolute Gasteiger partial charge is 0.299 e. The summed E-state index contributed by atoms with van der Waals surface area (Å²) >= 11 is 0. The summed E-state index contributed by atoms with van der Waals surface area (Å²) in [6, 6.07) is 0. The van der Waals surface area contributed by atoms with E-state index in [4.69, 9.17) is 0 Å². The molecule has 0 N–H and O–H groups in total. The molecule has 0 spiro atoms. The minimum Gasteiger partial charge on any atom is -0.299 e. The van der Waals surface area contributed by atoms with Crippen LogP contribution in [0.1, 0.15) is 85.5 Å². The Labute approximate surface area is 108 Å². The third-order valence-electron chi connectivity index (χ3n) is 3.73. The van der Waals surface area contributed by atoms with Crippen LogP contribution in [0.25, 0.3) is 0 Å². The zero-order valence-electron chi connectivity index (χ0n) is 12.4. The average Bonchev–Trinajstić information content (AvgIpc) is 2.40. The molecular weight excluding hydrogens is 208 g/mol. The van der Waals surface area contributed by atoms with Crippen molar-refractivity contribution in [2.45, 2.75) is 85.5 Å². The molecule has 0 radical (unpaired) electrons. The van der Waals surface area contributed by atoms with E-state index in [0.29, 0.717) is 11.7 Å². The van der Waals surface area contributed by atoms with Gasteiger partial charge in [0.2, 0.25) is 0 Å². The van der Waals surface area contributed by atoms with Crippen molar-refractivity contribution in [1.82, 2.24) is 0 Å². The number of Topliss-reactive ketones (excluding diaryl/α,β-unsaturated/α-hetero) is 1. The SMILES string of the molecule is CC.CCCC(C)CCC(=O)C1CCCCC1. The molecule has 1 aliphatic rings. The van der Waals surface area contributed by atoms with Gasteiger partial charge in [-0.15, -0.1) is 0 Å². The molecule has 1 rings (SSSR count). The molecule has 1 nitrogen and oxygen atoms in total. The summed E-state index contributed by atoms with van der Waals surface area (Å²) < 4.78 is 0. The van der Waals surface area contributed by atoms with E-state index in [-0.39, 0.29) is 0 Å². The average molecular weight is 240 g/mol. The third kappa shape index (κ3) is 7.57. The quantitative estimate of drug-likeness (QED) is 0.609. The van der Waals surface area contributed by atoms with E-state index in [1.807, 2.05) is 13.8 Å². The first-order chi connectivity index (χ1) is 8.24. The monoisotopic (exact) mass is 240 g/mol. The van der Waals surface area contributed by atoms with Gasteiger partial charge in [-0.1, -0.05) is 59.8 Å². The molecule has 0 aromatic carbocycles. The van der Waals surface area contributed by atoms with Crippen molar-refractivity contribution < 1.29 is 4.79 Å². The van der Waals surface area contributed by atoms with Gasteiger partial charge in [0.15, 0.2) is 0 Å². The molecule has 0 bridgehead atoms. The lowest BCUT2D eigenvalue weighted by Crippen LogP contribution is -2.18. The van der Waals surface area contributed by atoms with Crippen LogP contribution in [0.15, 0.2) is 0 Å². The minimum absolute atomic E-state index is 0.424. The van der Waals surface area contributed by atoms with Gasteiger partial charge in [-0.2, -0.15) is 0 Å². The maximum absolute atomic E-state index is 11.9. The molecule has 0 aliphatic heterocycles. The fourth-order valence-electron chi connectivity index (χ4n) is 2.65. The highest BCUT2D eigenvalue weighted by Crippen LogP contribution is 2.26. The highest BCUT2D eigenvalue weighted by molar-refractivity contribution is 5.81. The second-order valence-corrected chi connectivity index (χ2v) is 5.23. The van der Waals surface area contributed by atoms with Gasteiger partial charge in [0.25, 0.3) is 0 Å². The van der Waals surface area contributed by atoms with Gasteiger partial charge in [0.05, 0.1) is 0 Å². The third-order valence-corrected chi connectivity index (χ3v) is 3.73. The van der Waals surface area contributed by atoms with Gasteiger partial charge >= 0.3 is 0 Å². The van der Waals surface area contributed by atoms with Crippen molar-refractivity contribution in [2.24, 2.45) is 11.8 Å². The van der Waals surface area contributed by atoms with E-state index >= 15 is 0 Å². The molecule has 102 valence electrons. The van der Waals surface area contributed by atoms with Crippen molar-refractivity contribution in [3.05, 3.63) is 0 Å². The first kappa shape index (κ1) is 16.7. The summed E-state index contributed by atoms with van der Waals surface area (Å²) in [5.41, 5.74) is 0. The molecule has 1 aliphatic carbocycles. The Morgan fingerprint density at radius 3 is 2.24 bits per heavy atom. The molecule has 1 saturated carbocycles. The van der Waals surface area contributed by atoms with Crippen molar-refractivity contribution in [3.8, 4) is 0 Å². The lowest BCUT2D eigenvalue weighted by molar-refractivity contribution is -0.124. The van der Waals surface area contributed by atoms with Gasteiger partial charge in [-0.25, -0.2) is 0 Å². The van der Waals surface area contributed by atoms with Crippen LogP contribution in [0.4, 0.5) is 0 Å². The first-order valence-corrected chi connectivity index (χ1v) is 7.76. The standard InChI is InChI=1S/C14H26O.C2H6/c1-3-7-12(2)10-11-14(15)13-8-5-4-6-9-13;1-2/h12-13H,3-11H2,1-2H3;1-2H3. The predicted octanol–water partition coefficient (Wildman–Crippen LogP) is 5.38. The Hall–Kier alpha value is -0.330. The van der Waals surface area contributed by atoms with E-state index in [1.54, 1.807) is 0 Å². The molecule has 0 heterocycles. The smallest absolute Gasteiger partial charge is 0.135 e. The van der Waals surface area contributed by atoms with Crippen LogP contribution >= 0.6 is 0 Å². The second-order valence-electron chi connectivity index (χ2n) is 5.23. The number of carbonyl (C=O) groups excluding carboxylic acids is 1. The second kappa shape index (κ2) is 10.8. The van der Waals surface area contributed by atoms with Crippen LogP contribution in [-0.2, 0) is 4.79 Å². The van der Waals surface area contributed by atoms with E-state index < -0.39 is 0 Å². The maximum atomic E-state index is 11.9. The van der Waals surface area contributed by atoms with Gasteiger partial charge < -0.3 is 0 Å². The molecule has 1 atom stereocenters. The van der Waals surface area contributed by atoms with Crippen LogP contribution in [0.3, 0.4) is 0 Å². The molecule has 0 aromatic rings. The Morgan fingerprint density at radius 2 is 1.71 bits per heavy atom. The fraction of sp³-hybridized carbons (Fsp3) is 0.938. The molecule has 0 aromatic heterocycles. The highest BCUT2D eigenvalue weighted by atomic mass is 16.1. The molecule has 17 heavy (non-hydrogen) atoms. The topological polar surface area (TPSA) is 17.1 Å². The zero-order chi connectivity index (χ0) is 13.1. The summed E-state index contributed by atoms with van der Waals surface area (Å²) in [6.45, 7) is 8.50. The lowest BCUT2D eigenvalue weighted by Gasteiger charge is -2.20. The van der Waals surface area contributed by atoms with E-state index in [2.05, 4.69) is 13.8 Å². The number of ketones is 1. The Kier molecular flexibility index (Phi) is 10.6. The van der Waals surface area contributed by atoms with E-state index in [9.17, 15) is 4.79 Å². The number of carbonyl (C=O) groups is 1. The van der Waals surface area contributed by atoms with Crippen molar-refractivity contribution in [3.63, 3.8) is 0 Å². The normalized spacial score (nSPS) is 18.1. The zero-order valence-corrected chi connectivity index (χ0v) is 12.4. The Morgan fingerprint density at radius 1 is 1.12 bits per heavy atom. The van der Waals surface area contributed by atoms with Crippen LogP contribution < -0.4 is 0 Å². The van der Waals surface area contributed by atoms with Gasteiger partial charge in [0, 0.05) is 12.3 Å². The van der Waals surface area contributed by atoms with Crippen molar-refractivity contribution in [1.29, 1.82) is 0 Å². The number of hydrogen-bond donors (Lipinski definition) is 0. The van der Waals surface area contributed by atoms with E-state index in [1.165, 1.54) is 44.9 Å². The Balaban J connectivity index is 0.00000121. The first-order valence-electron chi connectivity index (χ1n) is 7.76. The summed E-state index contributed by atoms with van der Waals surface area (Å²) in [4.78, 5) is 11.9. The fourth-order valence-corrected chi connectivity index (χ4v) is 2.65. The van der Waals surface area contributed by atoms with Gasteiger partial charge in [0.1, 0.15) is 5.78 Å². The van der Waals surface area contributed by atoms with Crippen LogP contribution in [0.5, 0.6) is 0 Å². The van der Waals surface area contributed by atoms with Gasteiger partial charge in [-0.3, -0.25) is 4.79 Å². The Bertz CT molecular complexity index is 180. The molecule has 1 heteroatoms. The molecule has 1 fully saturated rings.